The number of carbonyl (C=O) groups excluding carboxylic acids is 1. The quantitative estimate of drug-likeness (QED) is 0.478. The molecule has 0 unspecified atom stereocenters. The van der Waals surface area contributed by atoms with Gasteiger partial charge in [-0.05, 0) is 56.0 Å². The third-order valence-electron chi connectivity index (χ3n) is 7.49. The number of amides is 1. The molecule has 3 heterocycles. The highest BCUT2D eigenvalue weighted by atomic mass is 16.5. The van der Waals surface area contributed by atoms with Crippen LogP contribution < -0.4 is 14.8 Å². The molecular formula is C32H40N4O3. The fourth-order valence-corrected chi connectivity index (χ4v) is 5.38. The minimum atomic E-state index is 0.0998. The van der Waals surface area contributed by atoms with Gasteiger partial charge >= 0.3 is 0 Å². The zero-order chi connectivity index (χ0) is 26.7. The fraction of sp³-hybridized carbons (Fsp3) is 0.438. The molecule has 7 heteroatoms. The number of piperidine rings is 1. The van der Waals surface area contributed by atoms with Crippen LogP contribution in [0.3, 0.4) is 0 Å². The van der Waals surface area contributed by atoms with E-state index in [0.29, 0.717) is 31.3 Å². The molecule has 7 nitrogen and oxygen atoms in total. The summed E-state index contributed by atoms with van der Waals surface area (Å²) in [5, 5.41) is 3.32. The van der Waals surface area contributed by atoms with Crippen LogP contribution in [0.15, 0.2) is 72.9 Å². The van der Waals surface area contributed by atoms with Crippen molar-refractivity contribution in [3.05, 3.63) is 84.1 Å². The number of pyridine rings is 1. The average Bonchev–Trinajstić information content (AvgIpc) is 2.95. The second-order valence-electron chi connectivity index (χ2n) is 10.6. The van der Waals surface area contributed by atoms with E-state index in [9.17, 15) is 4.79 Å². The van der Waals surface area contributed by atoms with Gasteiger partial charge < -0.3 is 14.8 Å². The molecule has 2 aliphatic rings. The van der Waals surface area contributed by atoms with Crippen LogP contribution in [0, 0.1) is 0 Å². The van der Waals surface area contributed by atoms with Gasteiger partial charge in [0.05, 0.1) is 13.2 Å². The molecule has 0 spiro atoms. The number of nitrogens with one attached hydrogen (secondary N) is 1. The second kappa shape index (κ2) is 14.1. The van der Waals surface area contributed by atoms with E-state index in [-0.39, 0.29) is 11.9 Å². The van der Waals surface area contributed by atoms with Crippen LogP contribution in [0.25, 0.3) is 0 Å². The summed E-state index contributed by atoms with van der Waals surface area (Å²) in [6.07, 6.45) is 7.96. The van der Waals surface area contributed by atoms with Gasteiger partial charge in [-0.3, -0.25) is 14.6 Å². The number of rotatable bonds is 5. The first kappa shape index (κ1) is 27.2. The Bertz CT molecular complexity index is 1180. The molecule has 1 N–H and O–H groups in total. The minimum Gasteiger partial charge on any atom is -0.490 e. The molecule has 0 bridgehead atoms. The molecule has 5 rings (SSSR count). The van der Waals surface area contributed by atoms with Crippen molar-refractivity contribution < 1.29 is 14.3 Å². The number of benzene rings is 2. The first-order valence-electron chi connectivity index (χ1n) is 14.3. The summed E-state index contributed by atoms with van der Waals surface area (Å²) < 4.78 is 12.3. The third kappa shape index (κ3) is 8.28. The maximum Gasteiger partial charge on any atom is 0.234 e. The van der Waals surface area contributed by atoms with E-state index < -0.39 is 0 Å². The number of fused-ring (bicyclic) bond motifs is 2. The summed E-state index contributed by atoms with van der Waals surface area (Å²) in [6, 6.07) is 22.5. The summed E-state index contributed by atoms with van der Waals surface area (Å²) in [5.41, 5.74) is 2.31. The molecule has 39 heavy (non-hydrogen) atoms. The van der Waals surface area contributed by atoms with Crippen LogP contribution in [0.1, 0.15) is 49.7 Å². The molecule has 1 fully saturated rings. The van der Waals surface area contributed by atoms with Crippen LogP contribution in [0.4, 0.5) is 0 Å². The van der Waals surface area contributed by atoms with E-state index >= 15 is 0 Å². The molecule has 206 valence electrons. The highest BCUT2D eigenvalue weighted by Crippen LogP contribution is 2.32. The Morgan fingerprint density at radius 2 is 1.62 bits per heavy atom. The maximum atomic E-state index is 13.2. The molecule has 0 radical (unpaired) electrons. The van der Waals surface area contributed by atoms with Crippen molar-refractivity contribution in [2.75, 3.05) is 32.8 Å². The van der Waals surface area contributed by atoms with E-state index in [1.54, 1.807) is 6.20 Å². The van der Waals surface area contributed by atoms with E-state index in [1.807, 2.05) is 36.4 Å². The zero-order valence-electron chi connectivity index (χ0n) is 22.8. The van der Waals surface area contributed by atoms with Crippen molar-refractivity contribution in [1.82, 2.24) is 20.1 Å². The van der Waals surface area contributed by atoms with Crippen LogP contribution in [0.5, 0.6) is 17.4 Å². The van der Waals surface area contributed by atoms with Gasteiger partial charge in [0.2, 0.25) is 11.8 Å². The van der Waals surface area contributed by atoms with E-state index in [1.165, 1.54) is 5.56 Å². The molecule has 1 saturated heterocycles. The lowest BCUT2D eigenvalue weighted by molar-refractivity contribution is -0.123. The highest BCUT2D eigenvalue weighted by Gasteiger charge is 2.22. The first-order chi connectivity index (χ1) is 19.2. The van der Waals surface area contributed by atoms with Crippen molar-refractivity contribution in [2.45, 2.75) is 57.7 Å². The lowest BCUT2D eigenvalue weighted by Gasteiger charge is -2.33. The summed E-state index contributed by atoms with van der Waals surface area (Å²) in [7, 11) is 0. The molecule has 3 aromatic rings. The fourth-order valence-electron chi connectivity index (χ4n) is 5.38. The first-order valence-corrected chi connectivity index (χ1v) is 14.3. The van der Waals surface area contributed by atoms with Crippen LogP contribution in [-0.4, -0.2) is 59.5 Å². The average molecular weight is 529 g/mol. The summed E-state index contributed by atoms with van der Waals surface area (Å²) >= 11 is 0. The Morgan fingerprint density at radius 3 is 2.46 bits per heavy atom. The van der Waals surface area contributed by atoms with Crippen molar-refractivity contribution in [2.24, 2.45) is 0 Å². The minimum absolute atomic E-state index is 0.0998. The van der Waals surface area contributed by atoms with Gasteiger partial charge in [-0.25, -0.2) is 4.98 Å². The monoisotopic (exact) mass is 528 g/mol. The van der Waals surface area contributed by atoms with E-state index in [2.05, 4.69) is 50.4 Å². The summed E-state index contributed by atoms with van der Waals surface area (Å²) in [6.45, 7) is 5.48. The standard InChI is InChI=1S/C32H40N4O3/c37-31(34-28-16-20-35(21-17-28)23-26-11-4-3-5-12-26)25-36-19-8-1-2-9-22-38-29-14-6-7-15-30(29)39-32-27(24-36)13-10-18-33-32/h3-7,10-15,18,28H,1-2,8-9,16-17,19-25H2,(H,34,37). The largest absolute Gasteiger partial charge is 0.490 e. The number of para-hydroxylation sites is 2. The number of carbonyl (C=O) groups is 1. The van der Waals surface area contributed by atoms with Gasteiger partial charge in [-0.1, -0.05) is 61.4 Å². The molecular weight excluding hydrogens is 488 g/mol. The summed E-state index contributed by atoms with van der Waals surface area (Å²) in [5.74, 6) is 2.05. The predicted molar refractivity (Wildman–Crippen MR) is 153 cm³/mol. The Morgan fingerprint density at radius 1 is 0.846 bits per heavy atom. The van der Waals surface area contributed by atoms with E-state index in [0.717, 1.165) is 76.0 Å². The Kier molecular flexibility index (Phi) is 9.82. The lowest BCUT2D eigenvalue weighted by atomic mass is 10.0. The van der Waals surface area contributed by atoms with E-state index in [4.69, 9.17) is 9.47 Å². The van der Waals surface area contributed by atoms with Crippen molar-refractivity contribution >= 4 is 5.91 Å². The lowest BCUT2D eigenvalue weighted by Crippen LogP contribution is -2.47. The predicted octanol–water partition coefficient (Wildman–Crippen LogP) is 5.41. The zero-order valence-corrected chi connectivity index (χ0v) is 22.8. The normalized spacial score (nSPS) is 18.1. The molecule has 0 saturated carbocycles. The molecule has 1 aromatic heterocycles. The molecule has 2 aromatic carbocycles. The number of hydrogen-bond donors (Lipinski definition) is 1. The molecule has 2 aliphatic heterocycles. The van der Waals surface area contributed by atoms with Crippen LogP contribution >= 0.6 is 0 Å². The summed E-state index contributed by atoms with van der Waals surface area (Å²) in [4.78, 5) is 22.4. The number of aromatic nitrogens is 1. The van der Waals surface area contributed by atoms with Crippen LogP contribution in [0.2, 0.25) is 0 Å². The second-order valence-corrected chi connectivity index (χ2v) is 10.6. The Balaban J connectivity index is 1.19. The number of hydrogen-bond acceptors (Lipinski definition) is 6. The smallest absolute Gasteiger partial charge is 0.234 e. The van der Waals surface area contributed by atoms with Gasteiger partial charge in [0.1, 0.15) is 0 Å². The van der Waals surface area contributed by atoms with Crippen molar-refractivity contribution in [3.8, 4) is 17.4 Å². The maximum absolute atomic E-state index is 13.2. The topological polar surface area (TPSA) is 66.9 Å². The SMILES string of the molecule is O=C(CN1CCCCCCOc2ccccc2Oc2ncccc2C1)NC1CCN(Cc2ccccc2)CC1. The Labute approximate surface area is 232 Å². The van der Waals surface area contributed by atoms with Gasteiger partial charge in [0.25, 0.3) is 0 Å². The van der Waals surface area contributed by atoms with Gasteiger partial charge in [-0.15, -0.1) is 0 Å². The van der Waals surface area contributed by atoms with Crippen molar-refractivity contribution in [3.63, 3.8) is 0 Å². The third-order valence-corrected chi connectivity index (χ3v) is 7.49. The van der Waals surface area contributed by atoms with Crippen LogP contribution in [-0.2, 0) is 17.9 Å². The molecule has 1 amide bonds. The van der Waals surface area contributed by atoms with Gasteiger partial charge in [-0.2, -0.15) is 0 Å². The highest BCUT2D eigenvalue weighted by molar-refractivity contribution is 5.78. The number of ether oxygens (including phenoxy) is 2. The molecule has 0 aliphatic carbocycles. The Hall–Kier alpha value is -3.42. The number of nitrogens with zero attached hydrogens (tertiary/aromatic N) is 3. The van der Waals surface area contributed by atoms with Crippen molar-refractivity contribution in [1.29, 1.82) is 0 Å². The number of likely N-dealkylation sites (tertiary alicyclic amines) is 1. The molecule has 0 atom stereocenters. The van der Waals surface area contributed by atoms with Gasteiger partial charge in [0, 0.05) is 44.0 Å². The van der Waals surface area contributed by atoms with Gasteiger partial charge in [0.15, 0.2) is 11.5 Å².